The lowest BCUT2D eigenvalue weighted by Crippen LogP contribution is -2.41. The van der Waals surface area contributed by atoms with Gasteiger partial charge >= 0.3 is 5.97 Å². The zero-order valence-electron chi connectivity index (χ0n) is 13.6. The SMILES string of the molecule is COC(=O)[C@]1(C)CC[C@](C)(c2nc(I)c3n2N=CNC3N)CC1. The van der Waals surface area contributed by atoms with Gasteiger partial charge in [0.25, 0.3) is 0 Å². The van der Waals surface area contributed by atoms with Gasteiger partial charge in [0.15, 0.2) is 0 Å². The molecule has 1 fully saturated rings. The summed E-state index contributed by atoms with van der Waals surface area (Å²) >= 11 is 2.21. The van der Waals surface area contributed by atoms with Crippen LogP contribution in [0.4, 0.5) is 0 Å². The molecule has 7 nitrogen and oxygen atoms in total. The smallest absolute Gasteiger partial charge is 0.311 e. The minimum absolute atomic E-state index is 0.122. The first-order chi connectivity index (χ1) is 10.8. The lowest BCUT2D eigenvalue weighted by Gasteiger charge is -2.40. The Balaban J connectivity index is 1.91. The summed E-state index contributed by atoms with van der Waals surface area (Å²) in [5, 5.41) is 7.42. The third kappa shape index (κ3) is 2.65. The quantitative estimate of drug-likeness (QED) is 0.551. The van der Waals surface area contributed by atoms with E-state index in [9.17, 15) is 4.79 Å². The Morgan fingerprint density at radius 1 is 1.43 bits per heavy atom. The fourth-order valence-corrected chi connectivity index (χ4v) is 4.24. The highest BCUT2D eigenvalue weighted by Gasteiger charge is 2.46. The Labute approximate surface area is 149 Å². The summed E-state index contributed by atoms with van der Waals surface area (Å²) in [4.78, 5) is 16.8. The normalized spacial score (nSPS) is 33.0. The van der Waals surface area contributed by atoms with E-state index in [1.165, 1.54) is 7.11 Å². The predicted octanol–water partition coefficient (Wildman–Crippen LogP) is 1.85. The molecule has 0 radical (unpaired) electrons. The number of nitrogens with two attached hydrogens (primary N) is 1. The highest BCUT2D eigenvalue weighted by Crippen LogP contribution is 2.47. The van der Waals surface area contributed by atoms with Crippen molar-refractivity contribution >= 4 is 34.9 Å². The van der Waals surface area contributed by atoms with Crippen LogP contribution in [0.25, 0.3) is 0 Å². The van der Waals surface area contributed by atoms with Gasteiger partial charge in [-0.05, 0) is 55.2 Å². The third-order valence-electron chi connectivity index (χ3n) is 5.24. The van der Waals surface area contributed by atoms with Gasteiger partial charge in [0.1, 0.15) is 27.7 Å². The summed E-state index contributed by atoms with van der Waals surface area (Å²) in [5.41, 5.74) is 6.47. The fourth-order valence-electron chi connectivity index (χ4n) is 3.44. The van der Waals surface area contributed by atoms with Gasteiger partial charge in [-0.2, -0.15) is 5.10 Å². The second kappa shape index (κ2) is 5.73. The van der Waals surface area contributed by atoms with Crippen molar-refractivity contribution in [1.82, 2.24) is 15.0 Å². The van der Waals surface area contributed by atoms with Crippen molar-refractivity contribution in [3.63, 3.8) is 0 Å². The number of hydrogen-bond acceptors (Lipinski definition) is 6. The van der Waals surface area contributed by atoms with E-state index in [0.29, 0.717) is 0 Å². The summed E-state index contributed by atoms with van der Waals surface area (Å²) in [6, 6.07) is 0. The molecule has 1 atom stereocenters. The maximum atomic E-state index is 12.0. The second-order valence-corrected chi connectivity index (χ2v) is 7.95. The Morgan fingerprint density at radius 3 is 2.70 bits per heavy atom. The highest BCUT2D eigenvalue weighted by molar-refractivity contribution is 14.1. The summed E-state index contributed by atoms with van der Waals surface area (Å²) in [6.07, 6.45) is 4.61. The molecule has 3 N–H and O–H groups in total. The predicted molar refractivity (Wildman–Crippen MR) is 94.8 cm³/mol. The van der Waals surface area contributed by atoms with Gasteiger partial charge in [0.2, 0.25) is 0 Å². The molecule has 0 bridgehead atoms. The molecular weight excluding hydrogens is 409 g/mol. The van der Waals surface area contributed by atoms with E-state index in [1.54, 1.807) is 6.34 Å². The van der Waals surface area contributed by atoms with E-state index in [2.05, 4.69) is 39.9 Å². The van der Waals surface area contributed by atoms with Gasteiger partial charge in [0, 0.05) is 5.41 Å². The largest absolute Gasteiger partial charge is 0.469 e. The molecule has 1 saturated carbocycles. The van der Waals surface area contributed by atoms with Crippen LogP contribution in [0.15, 0.2) is 5.10 Å². The van der Waals surface area contributed by atoms with Crippen LogP contribution in [0, 0.1) is 9.12 Å². The van der Waals surface area contributed by atoms with Gasteiger partial charge < -0.3 is 15.8 Å². The summed E-state index contributed by atoms with van der Waals surface area (Å²) in [7, 11) is 1.46. The summed E-state index contributed by atoms with van der Waals surface area (Å²) < 4.78 is 7.70. The number of hydrogen-bond donors (Lipinski definition) is 2. The number of carbonyl (C=O) groups excluding carboxylic acids is 1. The van der Waals surface area contributed by atoms with Gasteiger partial charge in [-0.25, -0.2) is 9.66 Å². The molecular formula is C15H22IN5O2. The van der Waals surface area contributed by atoms with Crippen LogP contribution in [0.1, 0.15) is 57.2 Å². The third-order valence-corrected chi connectivity index (χ3v) is 6.04. The van der Waals surface area contributed by atoms with Gasteiger partial charge in [0.05, 0.1) is 12.5 Å². The van der Waals surface area contributed by atoms with Crippen molar-refractivity contribution in [2.24, 2.45) is 16.3 Å². The van der Waals surface area contributed by atoms with Crippen LogP contribution < -0.4 is 11.1 Å². The van der Waals surface area contributed by atoms with Crippen molar-refractivity contribution in [3.8, 4) is 0 Å². The second-order valence-electron chi connectivity index (χ2n) is 6.93. The number of aromatic nitrogens is 2. The minimum atomic E-state index is -0.403. The number of esters is 1. The monoisotopic (exact) mass is 431 g/mol. The van der Waals surface area contributed by atoms with Crippen molar-refractivity contribution in [2.75, 3.05) is 7.11 Å². The fraction of sp³-hybridized carbons (Fsp3) is 0.667. The first kappa shape index (κ1) is 16.7. The molecule has 2 aliphatic rings. The first-order valence-electron chi connectivity index (χ1n) is 7.72. The molecule has 8 heteroatoms. The molecule has 23 heavy (non-hydrogen) atoms. The van der Waals surface area contributed by atoms with Gasteiger partial charge in [-0.3, -0.25) is 4.79 Å². The number of methoxy groups -OCH3 is 1. The number of halogens is 1. The van der Waals surface area contributed by atoms with E-state index in [0.717, 1.165) is 40.9 Å². The maximum Gasteiger partial charge on any atom is 0.311 e. The molecule has 1 aliphatic heterocycles. The number of rotatable bonds is 2. The standard InChI is InChI=1S/C15H22IN5O2/c1-14(4-6-15(2,7-5-14)13(22)23-3)12-20-10(16)9-11(17)18-8-19-21(9)12/h8,11H,4-7,17H2,1-3H3,(H,18,19)/t11?,14-,15+. The van der Waals surface area contributed by atoms with E-state index < -0.39 is 5.41 Å². The molecule has 0 amide bonds. The Hall–Kier alpha value is -1.16. The average molecular weight is 431 g/mol. The van der Waals surface area contributed by atoms with Crippen molar-refractivity contribution in [2.45, 2.75) is 51.1 Å². The van der Waals surface area contributed by atoms with E-state index in [4.69, 9.17) is 15.5 Å². The molecule has 1 unspecified atom stereocenters. The van der Waals surface area contributed by atoms with Gasteiger partial charge in [-0.1, -0.05) is 6.92 Å². The number of nitrogens with zero attached hydrogens (tertiary/aromatic N) is 3. The van der Waals surface area contributed by atoms with Crippen LogP contribution in [0.3, 0.4) is 0 Å². The summed E-state index contributed by atoms with van der Waals surface area (Å²) in [5.74, 6) is 0.806. The maximum absolute atomic E-state index is 12.0. The van der Waals surface area contributed by atoms with E-state index in [-0.39, 0.29) is 17.6 Å². The molecule has 3 rings (SSSR count). The molecule has 1 aliphatic carbocycles. The molecule has 126 valence electrons. The van der Waals surface area contributed by atoms with Crippen molar-refractivity contribution in [3.05, 3.63) is 15.2 Å². The Kier molecular flexibility index (Phi) is 4.16. The highest BCUT2D eigenvalue weighted by atomic mass is 127. The van der Waals surface area contributed by atoms with Crippen molar-refractivity contribution < 1.29 is 9.53 Å². The average Bonchev–Trinajstić information content (AvgIpc) is 2.89. The molecule has 1 aromatic heterocycles. The van der Waals surface area contributed by atoms with Gasteiger partial charge in [-0.15, -0.1) is 0 Å². The number of imidazole rings is 1. The number of carbonyl (C=O) groups is 1. The topological polar surface area (TPSA) is 94.5 Å². The summed E-state index contributed by atoms with van der Waals surface area (Å²) in [6.45, 7) is 4.18. The van der Waals surface area contributed by atoms with Crippen LogP contribution in [0.5, 0.6) is 0 Å². The number of fused-ring (bicyclic) bond motifs is 1. The minimum Gasteiger partial charge on any atom is -0.469 e. The molecule has 2 heterocycles. The van der Waals surface area contributed by atoms with E-state index >= 15 is 0 Å². The Bertz CT molecular complexity index is 661. The van der Waals surface area contributed by atoms with Crippen LogP contribution in [-0.4, -0.2) is 29.1 Å². The zero-order chi connectivity index (χ0) is 16.8. The number of nitrogens with one attached hydrogen (secondary N) is 1. The van der Waals surface area contributed by atoms with Crippen molar-refractivity contribution in [1.29, 1.82) is 0 Å². The molecule has 0 spiro atoms. The van der Waals surface area contributed by atoms with Crippen LogP contribution in [-0.2, 0) is 14.9 Å². The zero-order valence-corrected chi connectivity index (χ0v) is 15.8. The van der Waals surface area contributed by atoms with E-state index in [1.807, 2.05) is 11.6 Å². The number of ether oxygens (including phenoxy) is 1. The Morgan fingerprint density at radius 2 is 2.09 bits per heavy atom. The molecule has 0 saturated heterocycles. The first-order valence-corrected chi connectivity index (χ1v) is 8.80. The van der Waals surface area contributed by atoms with Crippen LogP contribution >= 0.6 is 22.6 Å². The molecule has 0 aromatic carbocycles. The lowest BCUT2D eigenvalue weighted by atomic mass is 9.65. The lowest BCUT2D eigenvalue weighted by molar-refractivity contribution is -0.154. The molecule has 1 aromatic rings. The van der Waals surface area contributed by atoms with Crippen LogP contribution in [0.2, 0.25) is 0 Å².